The zero-order valence-electron chi connectivity index (χ0n) is 13.9. The maximum absolute atomic E-state index is 13.9. The third-order valence-electron chi connectivity index (χ3n) is 4.48. The molecule has 0 N–H and O–H groups in total. The number of halogens is 1. The third kappa shape index (κ3) is 3.26. The summed E-state index contributed by atoms with van der Waals surface area (Å²) in [6.45, 7) is 3.57. The minimum Gasteiger partial charge on any atom is -0.497 e. The van der Waals surface area contributed by atoms with Gasteiger partial charge >= 0.3 is 0 Å². The molecule has 3 rings (SSSR count). The fourth-order valence-electron chi connectivity index (χ4n) is 3.01. The minimum atomic E-state index is -0.301. The Morgan fingerprint density at radius 1 is 1.17 bits per heavy atom. The number of piperazine rings is 1. The first-order valence-electron chi connectivity index (χ1n) is 8.03. The monoisotopic (exact) mass is 328 g/mol. The van der Waals surface area contributed by atoms with Crippen LogP contribution in [0.5, 0.6) is 5.75 Å². The van der Waals surface area contributed by atoms with Crippen LogP contribution in [0.1, 0.15) is 12.5 Å². The molecule has 5 heteroatoms. The molecule has 1 amide bonds. The average Bonchev–Trinajstić information content (AvgIpc) is 2.61. The van der Waals surface area contributed by atoms with E-state index < -0.39 is 0 Å². The number of amides is 1. The summed E-state index contributed by atoms with van der Waals surface area (Å²) in [5.74, 6) is 0.514. The Hall–Kier alpha value is -2.40. The highest BCUT2D eigenvalue weighted by Crippen LogP contribution is 2.25. The van der Waals surface area contributed by atoms with E-state index in [0.717, 1.165) is 11.4 Å². The largest absolute Gasteiger partial charge is 0.497 e. The van der Waals surface area contributed by atoms with Crippen LogP contribution in [0.15, 0.2) is 48.5 Å². The van der Waals surface area contributed by atoms with Crippen molar-refractivity contribution in [2.75, 3.05) is 25.1 Å². The summed E-state index contributed by atoms with van der Waals surface area (Å²) < 4.78 is 19.1. The molecule has 0 saturated carbocycles. The van der Waals surface area contributed by atoms with Crippen molar-refractivity contribution < 1.29 is 13.9 Å². The van der Waals surface area contributed by atoms with E-state index in [4.69, 9.17) is 4.74 Å². The second-order valence-corrected chi connectivity index (χ2v) is 5.93. The number of rotatable bonds is 4. The lowest BCUT2D eigenvalue weighted by atomic mass is 10.1. The molecule has 0 bridgehead atoms. The molecule has 1 fully saturated rings. The number of anilines is 1. The molecule has 0 radical (unpaired) electrons. The summed E-state index contributed by atoms with van der Waals surface area (Å²) in [4.78, 5) is 16.5. The van der Waals surface area contributed by atoms with Crippen molar-refractivity contribution in [2.24, 2.45) is 0 Å². The predicted molar refractivity (Wildman–Crippen MR) is 91.6 cm³/mol. The summed E-state index contributed by atoms with van der Waals surface area (Å²) in [6.07, 6.45) is 0. The van der Waals surface area contributed by atoms with Gasteiger partial charge in [-0.05, 0) is 25.1 Å². The van der Waals surface area contributed by atoms with Crippen molar-refractivity contribution >= 4 is 11.6 Å². The third-order valence-corrected chi connectivity index (χ3v) is 4.48. The average molecular weight is 328 g/mol. The molecule has 1 saturated heterocycles. The number of benzene rings is 2. The van der Waals surface area contributed by atoms with E-state index >= 15 is 0 Å². The lowest BCUT2D eigenvalue weighted by Crippen LogP contribution is -2.55. The molecule has 0 aromatic heterocycles. The van der Waals surface area contributed by atoms with Crippen LogP contribution in [0.2, 0.25) is 0 Å². The van der Waals surface area contributed by atoms with E-state index in [-0.39, 0.29) is 17.8 Å². The Morgan fingerprint density at radius 3 is 2.71 bits per heavy atom. The topological polar surface area (TPSA) is 32.8 Å². The van der Waals surface area contributed by atoms with Crippen LogP contribution in [0.3, 0.4) is 0 Å². The number of hydrogen-bond donors (Lipinski definition) is 0. The maximum Gasteiger partial charge on any atom is 0.244 e. The van der Waals surface area contributed by atoms with Gasteiger partial charge in [-0.3, -0.25) is 9.69 Å². The quantitative estimate of drug-likeness (QED) is 0.865. The van der Waals surface area contributed by atoms with Gasteiger partial charge in [0.25, 0.3) is 0 Å². The highest BCUT2D eigenvalue weighted by Gasteiger charge is 2.32. The lowest BCUT2D eigenvalue weighted by molar-refractivity contribution is -0.125. The lowest BCUT2D eigenvalue weighted by Gasteiger charge is -2.39. The Balaban J connectivity index is 1.75. The first-order chi connectivity index (χ1) is 11.6. The standard InChI is InChI=1S/C19H21FN2O2/c1-14-19(23)22(16-7-5-8-17(12-16)24-2)11-10-21(14)13-15-6-3-4-9-18(15)20/h3-9,12,14H,10-11,13H2,1-2H3. The van der Waals surface area contributed by atoms with E-state index in [1.54, 1.807) is 24.1 Å². The fraction of sp³-hybridized carbons (Fsp3) is 0.316. The molecule has 0 aliphatic carbocycles. The van der Waals surface area contributed by atoms with E-state index in [9.17, 15) is 9.18 Å². The van der Waals surface area contributed by atoms with Crippen molar-refractivity contribution in [3.63, 3.8) is 0 Å². The summed E-state index contributed by atoms with van der Waals surface area (Å²) in [6, 6.07) is 13.9. The molecule has 2 aromatic rings. The molecule has 1 heterocycles. The Bertz CT molecular complexity index is 735. The normalized spacial score (nSPS) is 18.7. The second kappa shape index (κ2) is 7.01. The van der Waals surface area contributed by atoms with Crippen molar-refractivity contribution in [3.05, 3.63) is 59.9 Å². The van der Waals surface area contributed by atoms with Crippen molar-refractivity contribution in [2.45, 2.75) is 19.5 Å². The van der Waals surface area contributed by atoms with Crippen molar-refractivity contribution in [1.82, 2.24) is 4.90 Å². The van der Waals surface area contributed by atoms with Gasteiger partial charge in [-0.2, -0.15) is 0 Å². The van der Waals surface area contributed by atoms with Crippen molar-refractivity contribution in [3.8, 4) is 5.75 Å². The number of methoxy groups -OCH3 is 1. The fourth-order valence-corrected chi connectivity index (χ4v) is 3.01. The van der Waals surface area contributed by atoms with Crippen LogP contribution in [0.4, 0.5) is 10.1 Å². The predicted octanol–water partition coefficient (Wildman–Crippen LogP) is 3.07. The van der Waals surface area contributed by atoms with Crippen LogP contribution in [0.25, 0.3) is 0 Å². The smallest absolute Gasteiger partial charge is 0.244 e. The van der Waals surface area contributed by atoms with E-state index in [0.29, 0.717) is 25.2 Å². The van der Waals surface area contributed by atoms with Crippen LogP contribution in [-0.2, 0) is 11.3 Å². The first kappa shape index (κ1) is 16.5. The van der Waals surface area contributed by atoms with Gasteiger partial charge in [-0.1, -0.05) is 24.3 Å². The number of carbonyl (C=O) groups is 1. The molecule has 1 aliphatic rings. The molecule has 1 atom stereocenters. The molecule has 2 aromatic carbocycles. The zero-order chi connectivity index (χ0) is 17.1. The Labute approximate surface area is 141 Å². The Kier molecular flexibility index (Phi) is 4.81. The van der Waals surface area contributed by atoms with Gasteiger partial charge < -0.3 is 9.64 Å². The number of hydrogen-bond acceptors (Lipinski definition) is 3. The molecule has 4 nitrogen and oxygen atoms in total. The number of ether oxygens (including phenoxy) is 1. The second-order valence-electron chi connectivity index (χ2n) is 5.93. The molecule has 24 heavy (non-hydrogen) atoms. The van der Waals surface area contributed by atoms with Crippen LogP contribution in [-0.4, -0.2) is 37.0 Å². The summed E-state index contributed by atoms with van der Waals surface area (Å²) in [5, 5.41) is 0. The van der Waals surface area contributed by atoms with Crippen LogP contribution < -0.4 is 9.64 Å². The van der Waals surface area contributed by atoms with Crippen LogP contribution in [0, 0.1) is 5.82 Å². The Morgan fingerprint density at radius 2 is 1.96 bits per heavy atom. The van der Waals surface area contributed by atoms with E-state index in [1.165, 1.54) is 6.07 Å². The van der Waals surface area contributed by atoms with Gasteiger partial charge in [-0.15, -0.1) is 0 Å². The summed E-state index contributed by atoms with van der Waals surface area (Å²) in [5.41, 5.74) is 1.45. The van der Waals surface area contributed by atoms with Gasteiger partial charge in [0.05, 0.1) is 13.2 Å². The van der Waals surface area contributed by atoms with E-state index in [2.05, 4.69) is 0 Å². The number of nitrogens with zero attached hydrogens (tertiary/aromatic N) is 2. The maximum atomic E-state index is 13.9. The SMILES string of the molecule is COc1cccc(N2CCN(Cc3ccccc3F)C(C)C2=O)c1. The van der Waals surface area contributed by atoms with Gasteiger partial charge in [0.1, 0.15) is 11.6 Å². The van der Waals surface area contributed by atoms with Crippen LogP contribution >= 0.6 is 0 Å². The molecule has 1 unspecified atom stereocenters. The first-order valence-corrected chi connectivity index (χ1v) is 8.03. The zero-order valence-corrected chi connectivity index (χ0v) is 13.9. The highest BCUT2D eigenvalue weighted by atomic mass is 19.1. The molecular weight excluding hydrogens is 307 g/mol. The number of carbonyl (C=O) groups excluding carboxylic acids is 1. The van der Waals surface area contributed by atoms with Gasteiger partial charge in [0, 0.05) is 37.0 Å². The summed E-state index contributed by atoms with van der Waals surface area (Å²) in [7, 11) is 1.61. The highest BCUT2D eigenvalue weighted by molar-refractivity contribution is 5.97. The minimum absolute atomic E-state index is 0.0193. The van der Waals surface area contributed by atoms with Gasteiger partial charge in [0.15, 0.2) is 0 Å². The molecule has 126 valence electrons. The molecule has 0 spiro atoms. The van der Waals surface area contributed by atoms with Gasteiger partial charge in [0.2, 0.25) is 5.91 Å². The van der Waals surface area contributed by atoms with E-state index in [1.807, 2.05) is 42.2 Å². The molecular formula is C19H21FN2O2. The van der Waals surface area contributed by atoms with Gasteiger partial charge in [-0.25, -0.2) is 4.39 Å². The summed E-state index contributed by atoms with van der Waals surface area (Å²) >= 11 is 0. The molecule has 1 aliphatic heterocycles. The van der Waals surface area contributed by atoms with Crippen molar-refractivity contribution in [1.29, 1.82) is 0 Å².